The van der Waals surface area contributed by atoms with Gasteiger partial charge < -0.3 is 0 Å². The molecule has 0 unspecified atom stereocenters. The molecule has 0 aromatic heterocycles. The highest BCUT2D eigenvalue weighted by Crippen LogP contribution is 2.70. The predicted molar refractivity (Wildman–Crippen MR) is 88.0 cm³/mol. The minimum atomic E-state index is 0.737. The van der Waals surface area contributed by atoms with E-state index in [-0.39, 0.29) is 0 Å². The van der Waals surface area contributed by atoms with Crippen molar-refractivity contribution in [2.45, 2.75) is 90.9 Å². The summed E-state index contributed by atoms with van der Waals surface area (Å²) in [5, 5.41) is 0. The van der Waals surface area contributed by atoms with E-state index >= 15 is 0 Å². The third-order valence-electron chi connectivity index (χ3n) is 9.68. The average molecular weight is 287 g/mol. The Kier molecular flexibility index (Phi) is 2.62. The van der Waals surface area contributed by atoms with E-state index in [2.05, 4.69) is 13.8 Å². The first kappa shape index (κ1) is 13.4. The average Bonchev–Trinajstić information content (AvgIpc) is 3.10. The Hall–Kier alpha value is 0. The summed E-state index contributed by atoms with van der Waals surface area (Å²) in [7, 11) is 0. The molecule has 0 heterocycles. The summed E-state index contributed by atoms with van der Waals surface area (Å²) in [6.07, 6.45) is 18.9. The van der Waals surface area contributed by atoms with E-state index in [9.17, 15) is 0 Å². The number of hydrogen-bond acceptors (Lipinski definition) is 0. The van der Waals surface area contributed by atoms with Gasteiger partial charge in [-0.1, -0.05) is 20.3 Å². The smallest absolute Gasteiger partial charge is 0.0266 e. The molecular weight excluding hydrogens is 252 g/mol. The molecule has 0 aromatic carbocycles. The summed E-state index contributed by atoms with van der Waals surface area (Å²) in [5.74, 6) is 4.41. The number of fused-ring (bicyclic) bond motifs is 5. The van der Waals surface area contributed by atoms with Gasteiger partial charge in [-0.15, -0.1) is 0 Å². The molecule has 0 aliphatic heterocycles. The Morgan fingerprint density at radius 2 is 1.52 bits per heavy atom. The van der Waals surface area contributed by atoms with Gasteiger partial charge in [-0.25, -0.2) is 0 Å². The predicted octanol–water partition coefficient (Wildman–Crippen LogP) is 6.20. The van der Waals surface area contributed by atoms with Crippen LogP contribution >= 0.6 is 0 Å². The fraction of sp³-hybridized carbons (Fsp3) is 1.00. The molecule has 5 aliphatic rings. The summed E-state index contributed by atoms with van der Waals surface area (Å²) in [6, 6.07) is 0. The molecular formula is C21H34. The van der Waals surface area contributed by atoms with Crippen molar-refractivity contribution in [3.05, 3.63) is 0 Å². The normalized spacial score (nSPS) is 57.4. The lowest BCUT2D eigenvalue weighted by Gasteiger charge is -2.61. The second-order valence-electron chi connectivity index (χ2n) is 10.4. The van der Waals surface area contributed by atoms with Crippen LogP contribution in [0, 0.1) is 39.9 Å². The van der Waals surface area contributed by atoms with Gasteiger partial charge in [0.25, 0.3) is 0 Å². The van der Waals surface area contributed by atoms with Crippen LogP contribution in [0.3, 0.4) is 0 Å². The lowest BCUT2D eigenvalue weighted by atomic mass is 9.44. The van der Waals surface area contributed by atoms with Gasteiger partial charge in [0.2, 0.25) is 0 Å². The van der Waals surface area contributed by atoms with Crippen LogP contribution in [0.4, 0.5) is 0 Å². The van der Waals surface area contributed by atoms with Gasteiger partial charge in [0.1, 0.15) is 0 Å². The van der Waals surface area contributed by atoms with E-state index in [4.69, 9.17) is 0 Å². The Balaban J connectivity index is 1.44. The maximum atomic E-state index is 2.74. The van der Waals surface area contributed by atoms with Crippen molar-refractivity contribution in [2.75, 3.05) is 0 Å². The molecule has 1 spiro atoms. The van der Waals surface area contributed by atoms with Crippen LogP contribution in [-0.2, 0) is 0 Å². The number of rotatable bonds is 0. The molecule has 0 bridgehead atoms. The molecule has 0 N–H and O–H groups in total. The van der Waals surface area contributed by atoms with Gasteiger partial charge in [-0.2, -0.15) is 0 Å². The zero-order valence-corrected chi connectivity index (χ0v) is 14.3. The van der Waals surface area contributed by atoms with Crippen LogP contribution in [0.25, 0.3) is 0 Å². The maximum absolute atomic E-state index is 2.74. The van der Waals surface area contributed by atoms with Gasteiger partial charge in [0.05, 0.1) is 0 Å². The van der Waals surface area contributed by atoms with Crippen molar-refractivity contribution < 1.29 is 0 Å². The van der Waals surface area contributed by atoms with Crippen LogP contribution in [0.1, 0.15) is 90.9 Å². The first-order chi connectivity index (χ1) is 10.0. The van der Waals surface area contributed by atoms with E-state index in [1.165, 1.54) is 6.42 Å². The van der Waals surface area contributed by atoms with E-state index in [0.29, 0.717) is 0 Å². The fourth-order valence-corrected chi connectivity index (χ4v) is 8.04. The second-order valence-corrected chi connectivity index (χ2v) is 10.4. The summed E-state index contributed by atoms with van der Waals surface area (Å²) in [5.41, 5.74) is 2.35. The van der Waals surface area contributed by atoms with Crippen molar-refractivity contribution in [1.82, 2.24) is 0 Å². The van der Waals surface area contributed by atoms with Gasteiger partial charge in [-0.05, 0) is 111 Å². The Labute approximate surface area is 131 Å². The zero-order valence-electron chi connectivity index (χ0n) is 14.3. The molecule has 0 saturated heterocycles. The van der Waals surface area contributed by atoms with Crippen molar-refractivity contribution in [3.8, 4) is 0 Å². The SMILES string of the molecule is C[C@@]12CCC[C@H]1[C@@H]1CC[C@@H]3CC4(CC4)CC[C@]3(C)[C@H]1CC2. The molecule has 6 atom stereocenters. The Morgan fingerprint density at radius 1 is 0.714 bits per heavy atom. The van der Waals surface area contributed by atoms with Crippen LogP contribution in [0.2, 0.25) is 0 Å². The highest BCUT2D eigenvalue weighted by Gasteiger charge is 2.60. The van der Waals surface area contributed by atoms with Crippen molar-refractivity contribution in [2.24, 2.45) is 39.9 Å². The standard InChI is InChI=1S/C21H34/c1-19-8-3-4-17(19)16-6-5-15-14-21(12-13-21)11-10-20(15,2)18(16)7-9-19/h15-18H,3-14H2,1-2H3/t15-,16+,17+,18+,19+,20+/m1/s1. The third-order valence-corrected chi connectivity index (χ3v) is 9.68. The molecule has 0 radical (unpaired) electrons. The molecule has 5 fully saturated rings. The van der Waals surface area contributed by atoms with Crippen LogP contribution in [0.15, 0.2) is 0 Å². The lowest BCUT2D eigenvalue weighted by molar-refractivity contribution is -0.114. The van der Waals surface area contributed by atoms with Gasteiger partial charge >= 0.3 is 0 Å². The summed E-state index contributed by atoms with van der Waals surface area (Å²) < 4.78 is 0. The summed E-state index contributed by atoms with van der Waals surface area (Å²) in [4.78, 5) is 0. The lowest BCUT2D eigenvalue weighted by Crippen LogP contribution is -2.52. The summed E-state index contributed by atoms with van der Waals surface area (Å²) >= 11 is 0. The zero-order chi connectivity index (χ0) is 14.3. The quantitative estimate of drug-likeness (QED) is 0.497. The molecule has 5 rings (SSSR count). The molecule has 0 aromatic rings. The topological polar surface area (TPSA) is 0 Å². The van der Waals surface area contributed by atoms with Crippen molar-refractivity contribution >= 4 is 0 Å². The minimum Gasteiger partial charge on any atom is -0.0594 e. The van der Waals surface area contributed by atoms with E-state index in [1.54, 1.807) is 70.6 Å². The molecule has 21 heavy (non-hydrogen) atoms. The second kappa shape index (κ2) is 4.09. The molecule has 118 valence electrons. The van der Waals surface area contributed by atoms with E-state index in [0.717, 1.165) is 39.9 Å². The highest BCUT2D eigenvalue weighted by atomic mass is 14.7. The molecule has 0 nitrogen and oxygen atoms in total. The third kappa shape index (κ3) is 1.74. The Bertz CT molecular complexity index is 447. The first-order valence-corrected chi connectivity index (χ1v) is 10.0. The molecule has 0 heteroatoms. The van der Waals surface area contributed by atoms with Crippen LogP contribution < -0.4 is 0 Å². The van der Waals surface area contributed by atoms with Crippen molar-refractivity contribution in [1.29, 1.82) is 0 Å². The Morgan fingerprint density at radius 3 is 2.33 bits per heavy atom. The maximum Gasteiger partial charge on any atom is -0.0266 e. The van der Waals surface area contributed by atoms with Crippen LogP contribution in [0.5, 0.6) is 0 Å². The molecule has 5 aliphatic carbocycles. The van der Waals surface area contributed by atoms with Gasteiger partial charge in [0, 0.05) is 0 Å². The minimum absolute atomic E-state index is 0.737. The largest absolute Gasteiger partial charge is 0.0594 e. The highest BCUT2D eigenvalue weighted by molar-refractivity contribution is 5.10. The van der Waals surface area contributed by atoms with Crippen molar-refractivity contribution in [3.63, 3.8) is 0 Å². The summed E-state index contributed by atoms with van der Waals surface area (Å²) in [6.45, 7) is 5.39. The number of hydrogen-bond donors (Lipinski definition) is 0. The van der Waals surface area contributed by atoms with E-state index < -0.39 is 0 Å². The van der Waals surface area contributed by atoms with E-state index in [1.807, 2.05) is 0 Å². The van der Waals surface area contributed by atoms with Crippen LogP contribution in [-0.4, -0.2) is 0 Å². The first-order valence-electron chi connectivity index (χ1n) is 10.0. The van der Waals surface area contributed by atoms with Gasteiger partial charge in [-0.3, -0.25) is 0 Å². The molecule has 0 amide bonds. The van der Waals surface area contributed by atoms with Gasteiger partial charge in [0.15, 0.2) is 0 Å². The fourth-order valence-electron chi connectivity index (χ4n) is 8.04. The monoisotopic (exact) mass is 286 g/mol. The molecule has 5 saturated carbocycles.